The number of benzene rings is 1. The summed E-state index contributed by atoms with van der Waals surface area (Å²) in [6.07, 6.45) is 7.94. The van der Waals surface area contributed by atoms with Crippen molar-refractivity contribution < 1.29 is 0 Å². The molecule has 21 heavy (non-hydrogen) atoms. The molecule has 0 aromatic heterocycles. The quantitative estimate of drug-likeness (QED) is 0.908. The van der Waals surface area contributed by atoms with E-state index in [1.165, 1.54) is 50.8 Å². The number of halogens is 1. The molecule has 3 atom stereocenters. The average Bonchev–Trinajstić information content (AvgIpc) is 3.04. The van der Waals surface area contributed by atoms with Crippen LogP contribution in [0, 0.1) is 0 Å². The van der Waals surface area contributed by atoms with Gasteiger partial charge in [-0.15, -0.1) is 0 Å². The van der Waals surface area contributed by atoms with Crippen molar-refractivity contribution in [2.24, 2.45) is 0 Å². The van der Waals surface area contributed by atoms with E-state index in [9.17, 15) is 0 Å². The highest BCUT2D eigenvalue weighted by atomic mass is 35.5. The summed E-state index contributed by atoms with van der Waals surface area (Å²) in [4.78, 5) is 2.76. The Labute approximate surface area is 133 Å². The minimum absolute atomic E-state index is 0.610. The van der Waals surface area contributed by atoms with Crippen LogP contribution in [-0.2, 0) is 6.42 Å². The molecule has 0 radical (unpaired) electrons. The number of rotatable bonds is 4. The molecule has 0 bridgehead atoms. The number of piperidine rings is 1. The van der Waals surface area contributed by atoms with Crippen molar-refractivity contribution in [3.63, 3.8) is 0 Å². The monoisotopic (exact) mass is 306 g/mol. The highest BCUT2D eigenvalue weighted by Crippen LogP contribution is 2.27. The third-order valence-corrected chi connectivity index (χ3v) is 5.42. The van der Waals surface area contributed by atoms with Crippen molar-refractivity contribution in [2.45, 2.75) is 63.6 Å². The Morgan fingerprint density at radius 2 is 2.00 bits per heavy atom. The van der Waals surface area contributed by atoms with Gasteiger partial charge in [-0.1, -0.05) is 30.2 Å². The summed E-state index contributed by atoms with van der Waals surface area (Å²) in [5.74, 6) is 0. The molecule has 1 aromatic rings. The lowest BCUT2D eigenvalue weighted by Crippen LogP contribution is -2.53. The van der Waals surface area contributed by atoms with E-state index >= 15 is 0 Å². The molecule has 0 aliphatic carbocycles. The van der Waals surface area contributed by atoms with Gasteiger partial charge in [-0.25, -0.2) is 0 Å². The van der Waals surface area contributed by atoms with Gasteiger partial charge in [-0.2, -0.15) is 0 Å². The van der Waals surface area contributed by atoms with Crippen molar-refractivity contribution in [1.29, 1.82) is 0 Å². The van der Waals surface area contributed by atoms with E-state index in [4.69, 9.17) is 11.6 Å². The second kappa shape index (κ2) is 7.13. The first-order valence-electron chi connectivity index (χ1n) is 8.47. The molecular formula is C18H27ClN2. The maximum atomic E-state index is 5.99. The van der Waals surface area contributed by atoms with Gasteiger partial charge >= 0.3 is 0 Å². The van der Waals surface area contributed by atoms with E-state index < -0.39 is 0 Å². The molecular weight excluding hydrogens is 280 g/mol. The minimum atomic E-state index is 0.610. The number of hydrogen-bond acceptors (Lipinski definition) is 2. The summed E-state index contributed by atoms with van der Waals surface area (Å²) in [6, 6.07) is 10.4. The fourth-order valence-electron chi connectivity index (χ4n) is 4.08. The summed E-state index contributed by atoms with van der Waals surface area (Å²) in [6.45, 7) is 4.86. The van der Waals surface area contributed by atoms with E-state index in [0.29, 0.717) is 6.04 Å². The van der Waals surface area contributed by atoms with E-state index in [2.05, 4.69) is 29.3 Å². The fourth-order valence-corrected chi connectivity index (χ4v) is 4.20. The zero-order chi connectivity index (χ0) is 14.7. The van der Waals surface area contributed by atoms with Crippen LogP contribution in [0.5, 0.6) is 0 Å². The van der Waals surface area contributed by atoms with Gasteiger partial charge in [0.1, 0.15) is 0 Å². The second-order valence-corrected chi connectivity index (χ2v) is 7.12. The molecule has 2 nitrogen and oxygen atoms in total. The number of nitrogens with one attached hydrogen (secondary N) is 1. The Kier molecular flexibility index (Phi) is 5.20. The lowest BCUT2D eigenvalue weighted by atomic mass is 9.92. The van der Waals surface area contributed by atoms with Gasteiger partial charge in [-0.3, -0.25) is 4.90 Å². The third kappa shape index (κ3) is 3.80. The first kappa shape index (κ1) is 15.3. The van der Waals surface area contributed by atoms with Crippen LogP contribution in [-0.4, -0.2) is 36.1 Å². The molecule has 0 spiro atoms. The van der Waals surface area contributed by atoms with Crippen LogP contribution in [0.15, 0.2) is 24.3 Å². The molecule has 0 saturated carbocycles. The van der Waals surface area contributed by atoms with Crippen molar-refractivity contribution in [3.8, 4) is 0 Å². The summed E-state index contributed by atoms with van der Waals surface area (Å²) >= 11 is 5.99. The van der Waals surface area contributed by atoms with Gasteiger partial charge in [0, 0.05) is 23.1 Å². The summed E-state index contributed by atoms with van der Waals surface area (Å²) in [5.41, 5.74) is 1.40. The summed E-state index contributed by atoms with van der Waals surface area (Å²) in [7, 11) is 0. The third-order valence-electron chi connectivity index (χ3n) is 5.17. The summed E-state index contributed by atoms with van der Waals surface area (Å²) < 4.78 is 0. The van der Waals surface area contributed by atoms with Crippen LogP contribution in [0.4, 0.5) is 0 Å². The second-order valence-electron chi connectivity index (χ2n) is 6.68. The molecule has 2 aliphatic rings. The van der Waals surface area contributed by atoms with Crippen molar-refractivity contribution in [1.82, 2.24) is 10.2 Å². The van der Waals surface area contributed by atoms with Gasteiger partial charge < -0.3 is 5.32 Å². The van der Waals surface area contributed by atoms with E-state index in [0.717, 1.165) is 23.5 Å². The molecule has 2 fully saturated rings. The first-order chi connectivity index (χ1) is 10.2. The smallest absolute Gasteiger partial charge is 0.0406 e. The van der Waals surface area contributed by atoms with E-state index in [1.807, 2.05) is 12.1 Å². The lowest BCUT2D eigenvalue weighted by Gasteiger charge is -2.43. The van der Waals surface area contributed by atoms with Crippen LogP contribution < -0.4 is 5.32 Å². The van der Waals surface area contributed by atoms with E-state index in [1.54, 1.807) is 0 Å². The van der Waals surface area contributed by atoms with Gasteiger partial charge in [0.25, 0.3) is 0 Å². The van der Waals surface area contributed by atoms with Gasteiger partial charge in [-0.05, 0) is 69.8 Å². The molecule has 2 aliphatic heterocycles. The topological polar surface area (TPSA) is 15.3 Å². The molecule has 1 aromatic carbocycles. The van der Waals surface area contributed by atoms with Crippen molar-refractivity contribution in [2.75, 3.05) is 13.1 Å². The number of nitrogens with zero attached hydrogens (tertiary/aromatic N) is 1. The molecule has 2 saturated heterocycles. The zero-order valence-corrected chi connectivity index (χ0v) is 13.8. The zero-order valence-electron chi connectivity index (χ0n) is 13.0. The molecule has 116 valence electrons. The minimum Gasteiger partial charge on any atom is -0.312 e. The van der Waals surface area contributed by atoms with Crippen molar-refractivity contribution >= 4 is 11.6 Å². The maximum absolute atomic E-state index is 5.99. The summed E-state index contributed by atoms with van der Waals surface area (Å²) in [5, 5.41) is 4.55. The Bertz CT molecular complexity index is 439. The molecule has 3 unspecified atom stereocenters. The molecule has 0 amide bonds. The Morgan fingerprint density at radius 1 is 1.19 bits per heavy atom. The molecule has 3 heteroatoms. The standard InChI is InChI=1S/C18H27ClN2/c1-14(13-15-7-9-16(19)10-8-15)21-12-3-2-6-18(21)17-5-4-11-20-17/h7-10,14,17-18,20H,2-6,11-13H2,1H3. The first-order valence-corrected chi connectivity index (χ1v) is 8.85. The van der Waals surface area contributed by atoms with Crippen LogP contribution in [0.3, 0.4) is 0 Å². The van der Waals surface area contributed by atoms with Crippen LogP contribution in [0.25, 0.3) is 0 Å². The van der Waals surface area contributed by atoms with Gasteiger partial charge in [0.2, 0.25) is 0 Å². The van der Waals surface area contributed by atoms with Gasteiger partial charge in [0.05, 0.1) is 0 Å². The van der Waals surface area contributed by atoms with Crippen LogP contribution in [0.2, 0.25) is 5.02 Å². The molecule has 3 rings (SSSR count). The molecule has 1 N–H and O–H groups in total. The van der Waals surface area contributed by atoms with Crippen LogP contribution in [0.1, 0.15) is 44.6 Å². The maximum Gasteiger partial charge on any atom is 0.0406 e. The van der Waals surface area contributed by atoms with Crippen molar-refractivity contribution in [3.05, 3.63) is 34.9 Å². The normalized spacial score (nSPS) is 28.7. The predicted octanol–water partition coefficient (Wildman–Crippen LogP) is 3.88. The largest absolute Gasteiger partial charge is 0.312 e. The highest BCUT2D eigenvalue weighted by Gasteiger charge is 2.33. The number of hydrogen-bond donors (Lipinski definition) is 1. The highest BCUT2D eigenvalue weighted by molar-refractivity contribution is 6.30. The SMILES string of the molecule is CC(Cc1ccc(Cl)cc1)N1CCCCC1C1CCCN1. The lowest BCUT2D eigenvalue weighted by molar-refractivity contribution is 0.0804. The Hall–Kier alpha value is -0.570. The molecule has 2 heterocycles. The predicted molar refractivity (Wildman–Crippen MR) is 90.0 cm³/mol. The Balaban J connectivity index is 1.65. The Morgan fingerprint density at radius 3 is 2.71 bits per heavy atom. The number of likely N-dealkylation sites (tertiary alicyclic amines) is 1. The van der Waals surface area contributed by atoms with Gasteiger partial charge in [0.15, 0.2) is 0 Å². The fraction of sp³-hybridized carbons (Fsp3) is 0.667. The van der Waals surface area contributed by atoms with E-state index in [-0.39, 0.29) is 0 Å². The van der Waals surface area contributed by atoms with Crippen LogP contribution >= 0.6 is 11.6 Å². The average molecular weight is 307 g/mol.